The summed E-state index contributed by atoms with van der Waals surface area (Å²) in [6, 6.07) is 7.64. The maximum atomic E-state index is 11.4. The molecular weight excluding hydrogens is 282 g/mol. The maximum Gasteiger partial charge on any atom is 0.244 e. The van der Waals surface area contributed by atoms with E-state index in [0.717, 1.165) is 10.0 Å². The first kappa shape index (κ1) is 13.9. The summed E-state index contributed by atoms with van der Waals surface area (Å²) in [4.78, 5) is 11.4. The second kappa shape index (κ2) is 5.98. The number of halogens is 1. The van der Waals surface area contributed by atoms with Gasteiger partial charge in [-0.05, 0) is 37.6 Å². The number of carbonyl (C=O) groups is 1. The summed E-state index contributed by atoms with van der Waals surface area (Å²) in [6.45, 7) is 3.52. The van der Waals surface area contributed by atoms with Crippen molar-refractivity contribution in [3.8, 4) is 0 Å². The fourth-order valence-corrected chi connectivity index (χ4v) is 1.37. The molecule has 0 aliphatic carbocycles. The molecule has 1 rings (SSSR count). The van der Waals surface area contributed by atoms with E-state index >= 15 is 0 Å². The molecule has 0 fully saturated rings. The van der Waals surface area contributed by atoms with Gasteiger partial charge in [0.15, 0.2) is 0 Å². The Morgan fingerprint density at radius 3 is 2.53 bits per heavy atom. The summed E-state index contributed by atoms with van der Waals surface area (Å²) in [5.74, 6) is -0.213. The molecule has 1 amide bonds. The molecular formula is C13H16BrNO2. The number of rotatable bonds is 4. The van der Waals surface area contributed by atoms with Gasteiger partial charge >= 0.3 is 0 Å². The van der Waals surface area contributed by atoms with Crippen LogP contribution < -0.4 is 5.32 Å². The van der Waals surface area contributed by atoms with Gasteiger partial charge in [0.1, 0.15) is 0 Å². The van der Waals surface area contributed by atoms with Gasteiger partial charge in [-0.2, -0.15) is 0 Å². The van der Waals surface area contributed by atoms with E-state index in [-0.39, 0.29) is 12.5 Å². The highest BCUT2D eigenvalue weighted by Gasteiger charge is 2.12. The van der Waals surface area contributed by atoms with Gasteiger partial charge < -0.3 is 10.4 Å². The minimum absolute atomic E-state index is 0.213. The van der Waals surface area contributed by atoms with Gasteiger partial charge in [-0.15, -0.1) is 0 Å². The Kier molecular flexibility index (Phi) is 4.90. The molecule has 0 bridgehead atoms. The second-order valence-electron chi connectivity index (χ2n) is 4.42. The SMILES string of the molecule is CC(C)(O)CNC(=O)C=Cc1ccc(Br)cc1. The van der Waals surface area contributed by atoms with Crippen molar-refractivity contribution in [1.29, 1.82) is 0 Å². The lowest BCUT2D eigenvalue weighted by atomic mass is 10.1. The Morgan fingerprint density at radius 1 is 1.41 bits per heavy atom. The summed E-state index contributed by atoms with van der Waals surface area (Å²) in [5.41, 5.74) is 0.0628. The van der Waals surface area contributed by atoms with Crippen molar-refractivity contribution in [1.82, 2.24) is 5.32 Å². The number of amides is 1. The standard InChI is InChI=1S/C13H16BrNO2/c1-13(2,17)9-15-12(16)8-5-10-3-6-11(14)7-4-10/h3-8,17H,9H2,1-2H3,(H,15,16). The smallest absolute Gasteiger partial charge is 0.244 e. The predicted molar refractivity (Wildman–Crippen MR) is 72.5 cm³/mol. The molecule has 92 valence electrons. The molecule has 2 N–H and O–H groups in total. The quantitative estimate of drug-likeness (QED) is 0.838. The minimum Gasteiger partial charge on any atom is -0.389 e. The molecule has 0 spiro atoms. The topological polar surface area (TPSA) is 49.3 Å². The molecule has 1 aromatic carbocycles. The number of nitrogens with one attached hydrogen (secondary N) is 1. The van der Waals surface area contributed by atoms with Crippen LogP contribution in [0.15, 0.2) is 34.8 Å². The number of hydrogen-bond donors (Lipinski definition) is 2. The molecule has 0 heterocycles. The van der Waals surface area contributed by atoms with Crippen LogP contribution in [0, 0.1) is 0 Å². The second-order valence-corrected chi connectivity index (χ2v) is 5.33. The zero-order valence-corrected chi connectivity index (χ0v) is 11.5. The number of aliphatic hydroxyl groups is 1. The third-order valence-corrected chi connectivity index (χ3v) is 2.52. The monoisotopic (exact) mass is 297 g/mol. The van der Waals surface area contributed by atoms with E-state index in [4.69, 9.17) is 0 Å². The van der Waals surface area contributed by atoms with Crippen LogP contribution in [0.25, 0.3) is 6.08 Å². The lowest BCUT2D eigenvalue weighted by molar-refractivity contribution is -0.117. The van der Waals surface area contributed by atoms with Gasteiger partial charge in [0.25, 0.3) is 0 Å². The number of benzene rings is 1. The Bertz CT molecular complexity index is 404. The zero-order chi connectivity index (χ0) is 12.9. The van der Waals surface area contributed by atoms with Crippen molar-refractivity contribution in [2.45, 2.75) is 19.4 Å². The summed E-state index contributed by atoms with van der Waals surface area (Å²) in [7, 11) is 0. The summed E-state index contributed by atoms with van der Waals surface area (Å²) < 4.78 is 1.00. The zero-order valence-electron chi connectivity index (χ0n) is 9.90. The number of hydrogen-bond acceptors (Lipinski definition) is 2. The van der Waals surface area contributed by atoms with Crippen LogP contribution in [0.2, 0.25) is 0 Å². The van der Waals surface area contributed by atoms with Crippen LogP contribution in [-0.4, -0.2) is 23.2 Å². The normalized spacial score (nSPS) is 11.8. The summed E-state index contributed by atoms with van der Waals surface area (Å²) in [6.07, 6.45) is 3.18. The van der Waals surface area contributed by atoms with E-state index in [1.807, 2.05) is 24.3 Å². The largest absolute Gasteiger partial charge is 0.389 e. The van der Waals surface area contributed by atoms with E-state index in [1.165, 1.54) is 6.08 Å². The average Bonchev–Trinajstić information content (AvgIpc) is 2.25. The van der Waals surface area contributed by atoms with Crippen molar-refractivity contribution in [2.24, 2.45) is 0 Å². The van der Waals surface area contributed by atoms with E-state index < -0.39 is 5.60 Å². The Balaban J connectivity index is 2.48. The van der Waals surface area contributed by atoms with E-state index in [9.17, 15) is 9.90 Å². The fourth-order valence-electron chi connectivity index (χ4n) is 1.11. The molecule has 0 saturated heterocycles. The van der Waals surface area contributed by atoms with E-state index in [2.05, 4.69) is 21.2 Å². The van der Waals surface area contributed by atoms with Crippen molar-refractivity contribution in [3.63, 3.8) is 0 Å². The van der Waals surface area contributed by atoms with Gasteiger partial charge in [0.2, 0.25) is 5.91 Å². The molecule has 4 heteroatoms. The molecule has 0 aliphatic rings. The summed E-state index contributed by atoms with van der Waals surface area (Å²) in [5, 5.41) is 12.1. The Hall–Kier alpha value is -1.13. The van der Waals surface area contributed by atoms with Crippen LogP contribution in [0.1, 0.15) is 19.4 Å². The third-order valence-electron chi connectivity index (χ3n) is 1.99. The van der Waals surface area contributed by atoms with Gasteiger partial charge in [-0.1, -0.05) is 28.1 Å². The first-order valence-electron chi connectivity index (χ1n) is 5.31. The van der Waals surface area contributed by atoms with Crippen molar-refractivity contribution in [3.05, 3.63) is 40.4 Å². The molecule has 0 aliphatic heterocycles. The summed E-state index contributed by atoms with van der Waals surface area (Å²) >= 11 is 3.34. The van der Waals surface area contributed by atoms with Crippen molar-refractivity contribution in [2.75, 3.05) is 6.54 Å². The maximum absolute atomic E-state index is 11.4. The first-order chi connectivity index (χ1) is 7.87. The van der Waals surface area contributed by atoms with E-state index in [0.29, 0.717) is 0 Å². The van der Waals surface area contributed by atoms with Gasteiger partial charge in [-0.3, -0.25) is 4.79 Å². The molecule has 3 nitrogen and oxygen atoms in total. The Morgan fingerprint density at radius 2 is 2.00 bits per heavy atom. The molecule has 0 aromatic heterocycles. The first-order valence-corrected chi connectivity index (χ1v) is 6.10. The molecule has 17 heavy (non-hydrogen) atoms. The molecule has 0 atom stereocenters. The van der Waals surface area contributed by atoms with E-state index in [1.54, 1.807) is 19.9 Å². The van der Waals surface area contributed by atoms with Gasteiger partial charge in [0, 0.05) is 17.1 Å². The third kappa shape index (κ3) is 6.24. The molecule has 1 aromatic rings. The highest BCUT2D eigenvalue weighted by atomic mass is 79.9. The van der Waals surface area contributed by atoms with Crippen LogP contribution in [0.4, 0.5) is 0 Å². The van der Waals surface area contributed by atoms with Crippen LogP contribution in [0.3, 0.4) is 0 Å². The lowest BCUT2D eigenvalue weighted by Gasteiger charge is -2.16. The molecule has 0 radical (unpaired) electrons. The minimum atomic E-state index is -0.888. The fraction of sp³-hybridized carbons (Fsp3) is 0.308. The molecule has 0 unspecified atom stereocenters. The highest BCUT2D eigenvalue weighted by molar-refractivity contribution is 9.10. The highest BCUT2D eigenvalue weighted by Crippen LogP contribution is 2.11. The van der Waals surface area contributed by atoms with Crippen molar-refractivity contribution >= 4 is 27.9 Å². The van der Waals surface area contributed by atoms with Crippen LogP contribution >= 0.6 is 15.9 Å². The van der Waals surface area contributed by atoms with Crippen molar-refractivity contribution < 1.29 is 9.90 Å². The number of carbonyl (C=O) groups excluding carboxylic acids is 1. The Labute approximate surface area is 110 Å². The van der Waals surface area contributed by atoms with Crippen LogP contribution in [-0.2, 0) is 4.79 Å². The van der Waals surface area contributed by atoms with Crippen LogP contribution in [0.5, 0.6) is 0 Å². The predicted octanol–water partition coefficient (Wildman–Crippen LogP) is 2.35. The lowest BCUT2D eigenvalue weighted by Crippen LogP contribution is -2.37. The van der Waals surface area contributed by atoms with Gasteiger partial charge in [0.05, 0.1) is 5.60 Å². The molecule has 0 saturated carbocycles. The van der Waals surface area contributed by atoms with Gasteiger partial charge in [-0.25, -0.2) is 0 Å². The average molecular weight is 298 g/mol.